The van der Waals surface area contributed by atoms with Gasteiger partial charge in [-0.15, -0.1) is 28.3 Å². The first-order chi connectivity index (χ1) is 12.7. The Morgan fingerprint density at radius 3 is 2.04 bits per heavy atom. The summed E-state index contributed by atoms with van der Waals surface area (Å²) < 4.78 is 9.39. The molecule has 0 bridgehead atoms. The molecular weight excluding hydrogens is 405 g/mol. The molecular formula is C20H27Cl2NO5. The van der Waals surface area contributed by atoms with Crippen LogP contribution >= 0.6 is 23.2 Å². The van der Waals surface area contributed by atoms with E-state index >= 15 is 0 Å². The van der Waals surface area contributed by atoms with Crippen LogP contribution in [0.2, 0.25) is 0 Å². The number of amides is 1. The first-order valence-electron chi connectivity index (χ1n) is 9.05. The van der Waals surface area contributed by atoms with Gasteiger partial charge >= 0.3 is 12.2 Å². The Morgan fingerprint density at radius 1 is 1.00 bits per heavy atom. The van der Waals surface area contributed by atoms with E-state index in [0.717, 1.165) is 10.6 Å². The molecule has 1 saturated carbocycles. The topological polar surface area (TPSA) is 65.1 Å². The van der Waals surface area contributed by atoms with Crippen molar-refractivity contribution < 1.29 is 23.9 Å². The molecule has 1 aliphatic rings. The second-order valence-electron chi connectivity index (χ2n) is 8.77. The zero-order valence-electron chi connectivity index (χ0n) is 17.0. The van der Waals surface area contributed by atoms with Gasteiger partial charge in [-0.05, 0) is 47.1 Å². The second kappa shape index (κ2) is 7.99. The van der Waals surface area contributed by atoms with Crippen molar-refractivity contribution in [1.82, 2.24) is 5.06 Å². The highest BCUT2D eigenvalue weighted by molar-refractivity contribution is 6.52. The van der Waals surface area contributed by atoms with Crippen molar-refractivity contribution in [3.63, 3.8) is 0 Å². The summed E-state index contributed by atoms with van der Waals surface area (Å²) in [6, 6.07) is 9.49. The minimum Gasteiger partial charge on any atom is -0.442 e. The Morgan fingerprint density at radius 2 is 1.54 bits per heavy atom. The molecule has 156 valence electrons. The van der Waals surface area contributed by atoms with Crippen LogP contribution in [-0.4, -0.2) is 39.4 Å². The summed E-state index contributed by atoms with van der Waals surface area (Å²) in [6.07, 6.45) is -1.83. The van der Waals surface area contributed by atoms with Gasteiger partial charge in [0, 0.05) is 11.8 Å². The van der Waals surface area contributed by atoms with Gasteiger partial charge in [0.15, 0.2) is 0 Å². The Hall–Kier alpha value is -1.66. The number of halogens is 2. The first-order valence-corrected chi connectivity index (χ1v) is 9.80. The number of rotatable bonds is 3. The molecule has 0 spiro atoms. The van der Waals surface area contributed by atoms with Gasteiger partial charge in [0.05, 0.1) is 6.54 Å². The number of hydroxylamine groups is 2. The Bertz CT molecular complexity index is 710. The molecule has 8 heteroatoms. The minimum absolute atomic E-state index is 0.0271. The van der Waals surface area contributed by atoms with Crippen molar-refractivity contribution in [2.24, 2.45) is 5.92 Å². The maximum atomic E-state index is 12.6. The van der Waals surface area contributed by atoms with Gasteiger partial charge in [-0.25, -0.2) is 9.59 Å². The Balaban J connectivity index is 2.15. The van der Waals surface area contributed by atoms with Gasteiger partial charge in [-0.2, -0.15) is 0 Å². The van der Waals surface area contributed by atoms with Crippen molar-refractivity contribution in [2.45, 2.75) is 63.0 Å². The number of hydrogen-bond acceptors (Lipinski definition) is 5. The summed E-state index contributed by atoms with van der Waals surface area (Å²) >= 11 is 12.9. The quantitative estimate of drug-likeness (QED) is 0.349. The summed E-state index contributed by atoms with van der Waals surface area (Å²) in [7, 11) is 0. The van der Waals surface area contributed by atoms with E-state index in [1.165, 1.54) is 0 Å². The van der Waals surface area contributed by atoms with E-state index in [0.29, 0.717) is 0 Å². The smallest absolute Gasteiger partial charge is 0.442 e. The van der Waals surface area contributed by atoms with Crippen LogP contribution in [0, 0.1) is 5.92 Å². The molecule has 2 unspecified atom stereocenters. The van der Waals surface area contributed by atoms with Crippen LogP contribution in [-0.2, 0) is 14.3 Å². The molecule has 6 nitrogen and oxygen atoms in total. The molecule has 2 rings (SSSR count). The predicted molar refractivity (Wildman–Crippen MR) is 107 cm³/mol. The largest absolute Gasteiger partial charge is 0.534 e. The zero-order chi connectivity index (χ0) is 21.3. The highest BCUT2D eigenvalue weighted by Gasteiger charge is 2.64. The summed E-state index contributed by atoms with van der Waals surface area (Å²) in [5.74, 6) is -0.544. The van der Waals surface area contributed by atoms with Crippen LogP contribution in [0.25, 0.3) is 0 Å². The molecule has 0 radical (unpaired) electrons. The lowest BCUT2D eigenvalue weighted by atomic mass is 10.1. The summed E-state index contributed by atoms with van der Waals surface area (Å²) in [6.45, 7) is 10.2. The van der Waals surface area contributed by atoms with E-state index in [2.05, 4.69) is 0 Å². The molecule has 1 aliphatic carbocycles. The molecule has 1 amide bonds. The third-order valence-corrected chi connectivity index (χ3v) is 4.93. The molecule has 2 atom stereocenters. The van der Waals surface area contributed by atoms with Gasteiger partial charge < -0.3 is 14.3 Å². The second-order valence-corrected chi connectivity index (χ2v) is 10.2. The van der Waals surface area contributed by atoms with Crippen molar-refractivity contribution >= 4 is 35.5 Å². The monoisotopic (exact) mass is 431 g/mol. The maximum Gasteiger partial charge on any atom is 0.534 e. The van der Waals surface area contributed by atoms with Crippen molar-refractivity contribution in [2.75, 3.05) is 6.54 Å². The number of ether oxygens (including phenoxy) is 2. The molecule has 0 N–H and O–H groups in total. The van der Waals surface area contributed by atoms with E-state index < -0.39 is 27.8 Å². The van der Waals surface area contributed by atoms with Crippen LogP contribution in [0.15, 0.2) is 30.3 Å². The Kier molecular flexibility index (Phi) is 6.46. The SMILES string of the molecule is CC(C)(C)OC(=O)ON(CC1C(c2ccccc2)C1(Cl)Cl)C(=O)OC(C)(C)C. The lowest BCUT2D eigenvalue weighted by Gasteiger charge is -2.27. The van der Waals surface area contributed by atoms with Gasteiger partial charge in [0.1, 0.15) is 15.5 Å². The third-order valence-electron chi connectivity index (χ3n) is 3.89. The minimum atomic E-state index is -1.08. The number of carbonyl (C=O) groups is 2. The number of benzene rings is 1. The first kappa shape index (κ1) is 22.6. The number of hydrogen-bond donors (Lipinski definition) is 0. The molecule has 0 aromatic heterocycles. The summed E-state index contributed by atoms with van der Waals surface area (Å²) in [4.78, 5) is 29.8. The fourth-order valence-electron chi connectivity index (χ4n) is 2.73. The number of carbonyl (C=O) groups excluding carboxylic acids is 2. The third kappa shape index (κ3) is 6.17. The van der Waals surface area contributed by atoms with Gasteiger partial charge in [-0.1, -0.05) is 30.3 Å². The molecule has 28 heavy (non-hydrogen) atoms. The van der Waals surface area contributed by atoms with Crippen molar-refractivity contribution in [3.8, 4) is 0 Å². The van der Waals surface area contributed by atoms with Crippen LogP contribution in [0.4, 0.5) is 9.59 Å². The van der Waals surface area contributed by atoms with E-state index in [1.807, 2.05) is 30.3 Å². The lowest BCUT2D eigenvalue weighted by molar-refractivity contribution is -0.138. The highest BCUT2D eigenvalue weighted by atomic mass is 35.5. The average Bonchev–Trinajstić information content (AvgIpc) is 3.04. The molecule has 1 aromatic carbocycles. The molecule has 0 heterocycles. The van der Waals surface area contributed by atoms with E-state index in [1.54, 1.807) is 41.5 Å². The number of nitrogens with zero attached hydrogens (tertiary/aromatic N) is 1. The average molecular weight is 432 g/mol. The summed E-state index contributed by atoms with van der Waals surface area (Å²) in [5.41, 5.74) is -0.599. The molecule has 1 aromatic rings. The fourth-order valence-corrected chi connectivity index (χ4v) is 3.55. The van der Waals surface area contributed by atoms with Crippen LogP contribution in [0.3, 0.4) is 0 Å². The van der Waals surface area contributed by atoms with Gasteiger partial charge in [0.2, 0.25) is 0 Å². The van der Waals surface area contributed by atoms with Gasteiger partial charge in [-0.3, -0.25) is 0 Å². The predicted octanol–water partition coefficient (Wildman–Crippen LogP) is 5.68. The van der Waals surface area contributed by atoms with Crippen LogP contribution in [0.5, 0.6) is 0 Å². The lowest BCUT2D eigenvalue weighted by Crippen LogP contribution is -2.41. The van der Waals surface area contributed by atoms with Crippen LogP contribution < -0.4 is 0 Å². The number of alkyl halides is 2. The maximum absolute atomic E-state index is 12.6. The molecule has 1 fully saturated rings. The normalized spacial score (nSPS) is 20.9. The zero-order valence-corrected chi connectivity index (χ0v) is 18.5. The van der Waals surface area contributed by atoms with E-state index in [9.17, 15) is 9.59 Å². The molecule has 0 aliphatic heterocycles. The fraction of sp³-hybridized carbons (Fsp3) is 0.600. The molecule has 0 saturated heterocycles. The highest BCUT2D eigenvalue weighted by Crippen LogP contribution is 2.65. The standard InChI is InChI=1S/C20H27Cl2NO5/c1-18(2,3)26-16(24)23(28-17(25)27-19(4,5)6)12-14-15(20(14,21)22)13-10-8-7-9-11-13/h7-11,14-15H,12H2,1-6H3. The van der Waals surface area contributed by atoms with Crippen molar-refractivity contribution in [3.05, 3.63) is 35.9 Å². The van der Waals surface area contributed by atoms with Gasteiger partial charge in [0.25, 0.3) is 0 Å². The van der Waals surface area contributed by atoms with E-state index in [4.69, 9.17) is 37.5 Å². The van der Waals surface area contributed by atoms with Crippen LogP contribution in [0.1, 0.15) is 53.0 Å². The Labute approximate surface area is 176 Å². The summed E-state index contributed by atoms with van der Waals surface area (Å²) in [5, 5.41) is 0.826. The van der Waals surface area contributed by atoms with E-state index in [-0.39, 0.29) is 18.4 Å². The van der Waals surface area contributed by atoms with Crippen molar-refractivity contribution in [1.29, 1.82) is 0 Å².